The van der Waals surface area contributed by atoms with Gasteiger partial charge in [0.25, 0.3) is 0 Å². The van der Waals surface area contributed by atoms with Gasteiger partial charge in [0.1, 0.15) is 12.1 Å². The number of fused-ring (bicyclic) bond motifs is 1. The Morgan fingerprint density at radius 3 is 2.86 bits per heavy atom. The molecule has 0 spiro atoms. The molecule has 2 aromatic heterocycles. The summed E-state index contributed by atoms with van der Waals surface area (Å²) in [5.41, 5.74) is 1.76. The Bertz CT molecular complexity index is 770. The van der Waals surface area contributed by atoms with Crippen molar-refractivity contribution in [3.63, 3.8) is 0 Å². The molecule has 1 N–H and O–H groups in total. The van der Waals surface area contributed by atoms with E-state index in [0.717, 1.165) is 41.9 Å². The summed E-state index contributed by atoms with van der Waals surface area (Å²) >= 11 is 0. The third-order valence-corrected chi connectivity index (χ3v) is 3.16. The van der Waals surface area contributed by atoms with Gasteiger partial charge in [-0.05, 0) is 18.6 Å². The van der Waals surface area contributed by atoms with Crippen LogP contribution in [0, 0.1) is 12.3 Å². The molecule has 0 amide bonds. The van der Waals surface area contributed by atoms with E-state index >= 15 is 0 Å². The second-order valence-electron chi connectivity index (χ2n) is 4.59. The second-order valence-corrected chi connectivity index (χ2v) is 4.59. The van der Waals surface area contributed by atoms with Crippen molar-refractivity contribution in [3.05, 3.63) is 42.9 Å². The van der Waals surface area contributed by atoms with Gasteiger partial charge in [0.15, 0.2) is 5.65 Å². The fraction of sp³-hybridized carbons (Fsp3) is 0.188. The van der Waals surface area contributed by atoms with Crippen LogP contribution in [0.1, 0.15) is 12.8 Å². The molecule has 0 aliphatic carbocycles. The maximum absolute atomic E-state index is 5.25. The molecular formula is C16H15N5. The molecule has 0 bridgehead atoms. The summed E-state index contributed by atoms with van der Waals surface area (Å²) in [6.45, 7) is 0.785. The highest BCUT2D eigenvalue weighted by Gasteiger charge is 2.10. The van der Waals surface area contributed by atoms with Gasteiger partial charge in [0, 0.05) is 13.0 Å². The van der Waals surface area contributed by atoms with E-state index < -0.39 is 0 Å². The third kappa shape index (κ3) is 2.70. The zero-order chi connectivity index (χ0) is 14.5. The van der Waals surface area contributed by atoms with Crippen LogP contribution in [0.25, 0.3) is 16.7 Å². The van der Waals surface area contributed by atoms with Gasteiger partial charge in [-0.3, -0.25) is 0 Å². The number of hydrogen-bond donors (Lipinski definition) is 1. The van der Waals surface area contributed by atoms with E-state index in [0.29, 0.717) is 0 Å². The van der Waals surface area contributed by atoms with Crippen LogP contribution in [0.15, 0.2) is 42.9 Å². The number of nitrogens with zero attached hydrogens (tertiary/aromatic N) is 4. The molecule has 3 aromatic rings. The van der Waals surface area contributed by atoms with Crippen molar-refractivity contribution < 1.29 is 0 Å². The minimum absolute atomic E-state index is 0.754. The van der Waals surface area contributed by atoms with Crippen LogP contribution in [-0.4, -0.2) is 26.3 Å². The third-order valence-electron chi connectivity index (χ3n) is 3.16. The lowest BCUT2D eigenvalue weighted by Crippen LogP contribution is -2.04. The number of benzene rings is 1. The number of hydrogen-bond acceptors (Lipinski definition) is 4. The highest BCUT2D eigenvalue weighted by Crippen LogP contribution is 2.21. The summed E-state index contributed by atoms with van der Waals surface area (Å²) in [6, 6.07) is 9.91. The maximum Gasteiger partial charge on any atom is 0.168 e. The zero-order valence-corrected chi connectivity index (χ0v) is 11.5. The van der Waals surface area contributed by atoms with Gasteiger partial charge in [-0.2, -0.15) is 5.10 Å². The topological polar surface area (TPSA) is 55.6 Å². The first-order valence-corrected chi connectivity index (χ1v) is 6.81. The molecule has 21 heavy (non-hydrogen) atoms. The second kappa shape index (κ2) is 6.06. The zero-order valence-electron chi connectivity index (χ0n) is 11.5. The quantitative estimate of drug-likeness (QED) is 0.575. The van der Waals surface area contributed by atoms with Gasteiger partial charge in [-0.1, -0.05) is 18.2 Å². The molecular weight excluding hydrogens is 262 g/mol. The highest BCUT2D eigenvalue weighted by atomic mass is 15.3. The van der Waals surface area contributed by atoms with Crippen molar-refractivity contribution in [2.45, 2.75) is 12.8 Å². The summed E-state index contributed by atoms with van der Waals surface area (Å²) in [7, 11) is 0. The smallest absolute Gasteiger partial charge is 0.168 e. The normalized spacial score (nSPS) is 10.4. The standard InChI is InChI=1S/C16H15N5/c1-2-3-7-10-17-15-14-11-20-21(16(14)19-12-18-15)13-8-5-4-6-9-13/h1,4-6,8-9,11-12H,3,7,10H2,(H,17,18,19). The Hall–Kier alpha value is -2.87. The number of terminal acetylenes is 1. The van der Waals surface area contributed by atoms with Crippen molar-refractivity contribution in [2.75, 3.05) is 11.9 Å². The average Bonchev–Trinajstić information content (AvgIpc) is 2.97. The van der Waals surface area contributed by atoms with Gasteiger partial charge >= 0.3 is 0 Å². The molecule has 3 rings (SSSR count). The monoisotopic (exact) mass is 277 g/mol. The van der Waals surface area contributed by atoms with Crippen LogP contribution in [0.5, 0.6) is 0 Å². The van der Waals surface area contributed by atoms with Crippen molar-refractivity contribution in [2.24, 2.45) is 0 Å². The van der Waals surface area contributed by atoms with E-state index in [-0.39, 0.29) is 0 Å². The average molecular weight is 277 g/mol. The Kier molecular flexibility index (Phi) is 3.79. The number of aromatic nitrogens is 4. The molecule has 5 heteroatoms. The first-order valence-electron chi connectivity index (χ1n) is 6.81. The first-order chi connectivity index (χ1) is 10.4. The van der Waals surface area contributed by atoms with Crippen LogP contribution in [0.2, 0.25) is 0 Å². The Balaban J connectivity index is 1.92. The summed E-state index contributed by atoms with van der Waals surface area (Å²) in [6.07, 6.45) is 10.2. The van der Waals surface area contributed by atoms with Crippen molar-refractivity contribution >= 4 is 16.9 Å². The number of anilines is 1. The lowest BCUT2D eigenvalue weighted by Gasteiger charge is -2.06. The number of unbranched alkanes of at least 4 members (excludes halogenated alkanes) is 1. The first kappa shape index (κ1) is 13.1. The molecule has 2 heterocycles. The predicted molar refractivity (Wildman–Crippen MR) is 83.2 cm³/mol. The summed E-state index contributed by atoms with van der Waals surface area (Å²) < 4.78 is 1.81. The fourth-order valence-corrected chi connectivity index (χ4v) is 2.14. The molecule has 0 atom stereocenters. The van der Waals surface area contributed by atoms with Crippen LogP contribution in [0.4, 0.5) is 5.82 Å². The van der Waals surface area contributed by atoms with E-state index in [1.54, 1.807) is 12.5 Å². The van der Waals surface area contributed by atoms with Gasteiger partial charge in [-0.25, -0.2) is 14.6 Å². The minimum Gasteiger partial charge on any atom is -0.369 e. The predicted octanol–water partition coefficient (Wildman–Crippen LogP) is 2.64. The molecule has 0 aliphatic heterocycles. The van der Waals surface area contributed by atoms with Gasteiger partial charge in [-0.15, -0.1) is 12.3 Å². The minimum atomic E-state index is 0.754. The van der Waals surface area contributed by atoms with Crippen molar-refractivity contribution in [3.8, 4) is 18.0 Å². The fourth-order valence-electron chi connectivity index (χ4n) is 2.14. The summed E-state index contributed by atoms with van der Waals surface area (Å²) in [5, 5.41) is 8.60. The molecule has 5 nitrogen and oxygen atoms in total. The molecule has 0 aliphatic rings. The highest BCUT2D eigenvalue weighted by molar-refractivity contribution is 5.87. The SMILES string of the molecule is C#CCCCNc1ncnc2c1cnn2-c1ccccc1. The Morgan fingerprint density at radius 1 is 1.19 bits per heavy atom. The van der Waals surface area contributed by atoms with E-state index in [4.69, 9.17) is 6.42 Å². The molecule has 104 valence electrons. The number of para-hydroxylation sites is 1. The van der Waals surface area contributed by atoms with Gasteiger partial charge in [0.05, 0.1) is 17.3 Å². The molecule has 1 aromatic carbocycles. The number of nitrogens with one attached hydrogen (secondary N) is 1. The van der Waals surface area contributed by atoms with E-state index in [1.165, 1.54) is 0 Å². The molecule has 0 saturated heterocycles. The Morgan fingerprint density at radius 2 is 2.05 bits per heavy atom. The van der Waals surface area contributed by atoms with Crippen LogP contribution in [0.3, 0.4) is 0 Å². The van der Waals surface area contributed by atoms with E-state index in [2.05, 4.69) is 26.3 Å². The van der Waals surface area contributed by atoms with Crippen molar-refractivity contribution in [1.82, 2.24) is 19.7 Å². The van der Waals surface area contributed by atoms with Crippen LogP contribution in [-0.2, 0) is 0 Å². The van der Waals surface area contributed by atoms with Gasteiger partial charge < -0.3 is 5.32 Å². The summed E-state index contributed by atoms with van der Waals surface area (Å²) in [5.74, 6) is 3.42. The number of rotatable bonds is 5. The molecule has 0 radical (unpaired) electrons. The molecule has 0 fully saturated rings. The lowest BCUT2D eigenvalue weighted by molar-refractivity contribution is 0.892. The lowest BCUT2D eigenvalue weighted by atomic mass is 10.3. The van der Waals surface area contributed by atoms with E-state index in [9.17, 15) is 0 Å². The van der Waals surface area contributed by atoms with E-state index in [1.807, 2.05) is 35.0 Å². The van der Waals surface area contributed by atoms with Crippen LogP contribution < -0.4 is 5.32 Å². The maximum atomic E-state index is 5.25. The van der Waals surface area contributed by atoms with Crippen LogP contribution >= 0.6 is 0 Å². The van der Waals surface area contributed by atoms with Gasteiger partial charge in [0.2, 0.25) is 0 Å². The Labute approximate surface area is 123 Å². The molecule has 0 unspecified atom stereocenters. The largest absolute Gasteiger partial charge is 0.369 e. The van der Waals surface area contributed by atoms with Crippen molar-refractivity contribution in [1.29, 1.82) is 0 Å². The molecule has 0 saturated carbocycles. The summed E-state index contributed by atoms with van der Waals surface area (Å²) in [4.78, 5) is 8.62.